The number of fused-ring (bicyclic) bond motifs is 1. The molecule has 2 aromatic carbocycles. The van der Waals surface area contributed by atoms with Crippen molar-refractivity contribution in [2.24, 2.45) is 5.92 Å². The molecule has 0 bridgehead atoms. The van der Waals surface area contributed by atoms with E-state index in [1.807, 2.05) is 45.9 Å². The predicted molar refractivity (Wildman–Crippen MR) is 105 cm³/mol. The highest BCUT2D eigenvalue weighted by atomic mass is 16.2. The highest BCUT2D eigenvalue weighted by Gasteiger charge is 2.42. The van der Waals surface area contributed by atoms with Crippen molar-refractivity contribution in [3.63, 3.8) is 0 Å². The van der Waals surface area contributed by atoms with Crippen molar-refractivity contribution < 1.29 is 14.4 Å². The molecule has 0 saturated carbocycles. The summed E-state index contributed by atoms with van der Waals surface area (Å²) >= 11 is 0. The third-order valence-electron chi connectivity index (χ3n) is 4.86. The van der Waals surface area contributed by atoms with Crippen molar-refractivity contribution in [2.45, 2.75) is 40.2 Å². The van der Waals surface area contributed by atoms with E-state index in [2.05, 4.69) is 5.32 Å². The average Bonchev–Trinajstić information content (AvgIpc) is 2.87. The van der Waals surface area contributed by atoms with Crippen molar-refractivity contribution in [3.05, 3.63) is 64.7 Å². The highest BCUT2D eigenvalue weighted by Crippen LogP contribution is 2.28. The van der Waals surface area contributed by atoms with Gasteiger partial charge in [-0.05, 0) is 49.4 Å². The summed E-state index contributed by atoms with van der Waals surface area (Å²) in [6, 6.07) is 11.6. The minimum atomic E-state index is -0.851. The number of carbonyl (C=O) groups excluding carboxylic acids is 3. The molecule has 1 aliphatic rings. The van der Waals surface area contributed by atoms with Crippen molar-refractivity contribution in [2.75, 3.05) is 5.32 Å². The summed E-state index contributed by atoms with van der Waals surface area (Å²) in [5, 5.41) is 2.94. The van der Waals surface area contributed by atoms with E-state index in [1.54, 1.807) is 24.3 Å². The first kappa shape index (κ1) is 18.8. The zero-order valence-electron chi connectivity index (χ0n) is 16.1. The van der Waals surface area contributed by atoms with Crippen molar-refractivity contribution in [3.8, 4) is 0 Å². The van der Waals surface area contributed by atoms with Gasteiger partial charge < -0.3 is 5.32 Å². The van der Waals surface area contributed by atoms with Crippen molar-refractivity contribution >= 4 is 23.4 Å². The SMILES string of the molecule is Cc1cccc(C)c1NC(=O)[C@H](CC(C)C)N1C(=O)c2ccccc2C1=O. The Bertz CT molecular complexity index is 862. The average molecular weight is 364 g/mol. The van der Waals surface area contributed by atoms with Gasteiger partial charge in [0.05, 0.1) is 11.1 Å². The molecule has 1 aliphatic heterocycles. The Morgan fingerprint density at radius 3 is 1.93 bits per heavy atom. The number of para-hydroxylation sites is 1. The summed E-state index contributed by atoms with van der Waals surface area (Å²) in [5.74, 6) is -1.01. The summed E-state index contributed by atoms with van der Waals surface area (Å²) < 4.78 is 0. The normalized spacial score (nSPS) is 14.5. The van der Waals surface area contributed by atoms with Gasteiger partial charge in [-0.25, -0.2) is 0 Å². The van der Waals surface area contributed by atoms with Crippen LogP contribution in [0, 0.1) is 19.8 Å². The van der Waals surface area contributed by atoms with Crippen LogP contribution in [0.2, 0.25) is 0 Å². The summed E-state index contributed by atoms with van der Waals surface area (Å²) in [5.41, 5.74) is 3.32. The zero-order chi connectivity index (χ0) is 19.7. The summed E-state index contributed by atoms with van der Waals surface area (Å²) in [4.78, 5) is 39.9. The fourth-order valence-corrected chi connectivity index (χ4v) is 3.49. The number of nitrogens with one attached hydrogen (secondary N) is 1. The minimum Gasteiger partial charge on any atom is -0.324 e. The van der Waals surface area contributed by atoms with Gasteiger partial charge in [0.25, 0.3) is 11.8 Å². The van der Waals surface area contributed by atoms with Crippen LogP contribution in [0.1, 0.15) is 52.1 Å². The third kappa shape index (κ3) is 3.50. The van der Waals surface area contributed by atoms with Gasteiger partial charge in [-0.2, -0.15) is 0 Å². The Labute approximate surface area is 159 Å². The number of imide groups is 1. The molecule has 27 heavy (non-hydrogen) atoms. The first-order valence-corrected chi connectivity index (χ1v) is 9.15. The lowest BCUT2D eigenvalue weighted by molar-refractivity contribution is -0.120. The Morgan fingerprint density at radius 2 is 1.44 bits per heavy atom. The molecule has 0 aliphatic carbocycles. The monoisotopic (exact) mass is 364 g/mol. The highest BCUT2D eigenvalue weighted by molar-refractivity contribution is 6.23. The van der Waals surface area contributed by atoms with Gasteiger partial charge in [0.2, 0.25) is 5.91 Å². The number of benzene rings is 2. The maximum atomic E-state index is 13.1. The molecule has 140 valence electrons. The van der Waals surface area contributed by atoms with Gasteiger partial charge in [-0.3, -0.25) is 19.3 Å². The molecule has 0 saturated heterocycles. The molecule has 0 unspecified atom stereocenters. The second-order valence-corrected chi connectivity index (χ2v) is 7.43. The maximum absolute atomic E-state index is 13.1. The van der Waals surface area contributed by atoms with Gasteiger partial charge in [0, 0.05) is 5.69 Å². The molecule has 0 radical (unpaired) electrons. The molecular formula is C22H24N2O3. The number of amides is 3. The lowest BCUT2D eigenvalue weighted by Crippen LogP contribution is -2.48. The predicted octanol–water partition coefficient (Wildman–Crippen LogP) is 3.95. The Kier molecular flexibility index (Phi) is 5.13. The van der Waals surface area contributed by atoms with Crippen LogP contribution in [0.3, 0.4) is 0 Å². The van der Waals surface area contributed by atoms with E-state index < -0.39 is 17.9 Å². The number of nitrogens with zero attached hydrogens (tertiary/aromatic N) is 1. The van der Waals surface area contributed by atoms with Crippen LogP contribution in [0.25, 0.3) is 0 Å². The lowest BCUT2D eigenvalue weighted by atomic mass is 10.0. The second-order valence-electron chi connectivity index (χ2n) is 7.43. The van der Waals surface area contributed by atoms with Crippen LogP contribution in [0.4, 0.5) is 5.69 Å². The zero-order valence-corrected chi connectivity index (χ0v) is 16.1. The number of hydrogen-bond donors (Lipinski definition) is 1. The summed E-state index contributed by atoms with van der Waals surface area (Å²) in [6.07, 6.45) is 0.405. The third-order valence-corrected chi connectivity index (χ3v) is 4.86. The number of anilines is 1. The Balaban J connectivity index is 1.94. The molecule has 0 aromatic heterocycles. The molecule has 1 atom stereocenters. The van der Waals surface area contributed by atoms with Gasteiger partial charge in [-0.15, -0.1) is 0 Å². The molecule has 3 amide bonds. The van der Waals surface area contributed by atoms with E-state index in [-0.39, 0.29) is 11.8 Å². The molecule has 0 fully saturated rings. The lowest BCUT2D eigenvalue weighted by Gasteiger charge is -2.27. The molecule has 2 aromatic rings. The van der Waals surface area contributed by atoms with Crippen LogP contribution in [-0.2, 0) is 4.79 Å². The smallest absolute Gasteiger partial charge is 0.262 e. The number of hydrogen-bond acceptors (Lipinski definition) is 3. The van der Waals surface area contributed by atoms with Gasteiger partial charge in [-0.1, -0.05) is 44.2 Å². The van der Waals surface area contributed by atoms with Crippen LogP contribution in [-0.4, -0.2) is 28.7 Å². The van der Waals surface area contributed by atoms with E-state index in [1.165, 1.54) is 0 Å². The molecule has 0 spiro atoms. The molecule has 1 heterocycles. The molecular weight excluding hydrogens is 340 g/mol. The quantitative estimate of drug-likeness (QED) is 0.817. The number of rotatable bonds is 5. The first-order chi connectivity index (χ1) is 12.8. The molecule has 5 nitrogen and oxygen atoms in total. The topological polar surface area (TPSA) is 66.5 Å². The second kappa shape index (κ2) is 7.35. The van der Waals surface area contributed by atoms with Crippen LogP contribution in [0.15, 0.2) is 42.5 Å². The summed E-state index contributed by atoms with van der Waals surface area (Å²) in [6.45, 7) is 7.78. The maximum Gasteiger partial charge on any atom is 0.262 e. The summed E-state index contributed by atoms with van der Waals surface area (Å²) in [7, 11) is 0. The van der Waals surface area contributed by atoms with E-state index in [0.29, 0.717) is 17.5 Å². The van der Waals surface area contributed by atoms with E-state index in [0.717, 1.165) is 21.7 Å². The van der Waals surface area contributed by atoms with Crippen LogP contribution in [0.5, 0.6) is 0 Å². The fourth-order valence-electron chi connectivity index (χ4n) is 3.49. The Hall–Kier alpha value is -2.95. The van der Waals surface area contributed by atoms with E-state index >= 15 is 0 Å². The van der Waals surface area contributed by atoms with Gasteiger partial charge in [0.15, 0.2) is 0 Å². The molecule has 1 N–H and O–H groups in total. The molecule has 3 rings (SSSR count). The molecule has 5 heteroatoms. The van der Waals surface area contributed by atoms with Crippen molar-refractivity contribution in [1.29, 1.82) is 0 Å². The van der Waals surface area contributed by atoms with Crippen LogP contribution >= 0.6 is 0 Å². The van der Waals surface area contributed by atoms with Gasteiger partial charge >= 0.3 is 0 Å². The van der Waals surface area contributed by atoms with Crippen LogP contribution < -0.4 is 5.32 Å². The largest absolute Gasteiger partial charge is 0.324 e. The number of aryl methyl sites for hydroxylation is 2. The minimum absolute atomic E-state index is 0.142. The number of carbonyl (C=O) groups is 3. The van der Waals surface area contributed by atoms with E-state index in [4.69, 9.17) is 0 Å². The van der Waals surface area contributed by atoms with E-state index in [9.17, 15) is 14.4 Å². The fraction of sp³-hybridized carbons (Fsp3) is 0.318. The van der Waals surface area contributed by atoms with Gasteiger partial charge in [0.1, 0.15) is 6.04 Å². The Morgan fingerprint density at radius 1 is 0.926 bits per heavy atom. The first-order valence-electron chi connectivity index (χ1n) is 9.15. The standard InChI is InChI=1S/C22H24N2O3/c1-13(2)12-18(20(25)23-19-14(3)8-7-9-15(19)4)24-21(26)16-10-5-6-11-17(16)22(24)27/h5-11,13,18H,12H2,1-4H3,(H,23,25)/t18-/m0/s1. The van der Waals surface area contributed by atoms with Crippen molar-refractivity contribution in [1.82, 2.24) is 4.90 Å².